The maximum atomic E-state index is 12.9. The zero-order valence-corrected chi connectivity index (χ0v) is 18.1. The molecule has 6 heteroatoms. The molecule has 3 aromatic carbocycles. The smallest absolute Gasteiger partial charge is 0.255 e. The van der Waals surface area contributed by atoms with E-state index in [2.05, 4.69) is 32.7 Å². The molecular formula is C26H26N4O2. The van der Waals surface area contributed by atoms with Crippen molar-refractivity contribution in [2.75, 3.05) is 31.5 Å². The van der Waals surface area contributed by atoms with Crippen molar-refractivity contribution in [3.8, 4) is 11.5 Å². The van der Waals surface area contributed by atoms with Gasteiger partial charge in [0.2, 0.25) is 5.89 Å². The quantitative estimate of drug-likeness (QED) is 0.493. The molecule has 2 heterocycles. The molecule has 1 aliphatic heterocycles. The summed E-state index contributed by atoms with van der Waals surface area (Å²) in [5.41, 5.74) is 5.79. The van der Waals surface area contributed by atoms with Gasteiger partial charge in [-0.2, -0.15) is 0 Å². The average Bonchev–Trinajstić information content (AvgIpc) is 3.23. The van der Waals surface area contributed by atoms with Crippen molar-refractivity contribution in [1.29, 1.82) is 0 Å². The van der Waals surface area contributed by atoms with E-state index in [-0.39, 0.29) is 5.91 Å². The summed E-state index contributed by atoms with van der Waals surface area (Å²) in [6.07, 6.45) is 0. The van der Waals surface area contributed by atoms with Crippen LogP contribution in [0.4, 0.5) is 5.69 Å². The molecule has 0 aliphatic carbocycles. The van der Waals surface area contributed by atoms with Gasteiger partial charge >= 0.3 is 0 Å². The summed E-state index contributed by atoms with van der Waals surface area (Å²) in [6.45, 7) is 6.98. The van der Waals surface area contributed by atoms with Crippen molar-refractivity contribution < 1.29 is 9.21 Å². The van der Waals surface area contributed by atoms with E-state index in [1.54, 1.807) is 0 Å². The first-order valence-electron chi connectivity index (χ1n) is 11.0. The maximum Gasteiger partial charge on any atom is 0.255 e. The SMILES string of the molecule is Cc1ccccc1C(=O)Nc1ccccc1-c1nc2ccc(CN3CCNCC3)cc2o1. The van der Waals surface area contributed by atoms with E-state index in [1.807, 2.05) is 61.5 Å². The lowest BCUT2D eigenvalue weighted by atomic mass is 10.1. The number of fused-ring (bicyclic) bond motifs is 1. The van der Waals surface area contributed by atoms with Gasteiger partial charge < -0.3 is 15.1 Å². The van der Waals surface area contributed by atoms with E-state index in [4.69, 9.17) is 4.42 Å². The van der Waals surface area contributed by atoms with Crippen LogP contribution in [-0.4, -0.2) is 42.0 Å². The van der Waals surface area contributed by atoms with Crippen LogP contribution in [0.2, 0.25) is 0 Å². The van der Waals surface area contributed by atoms with Gasteiger partial charge in [-0.1, -0.05) is 36.4 Å². The molecule has 32 heavy (non-hydrogen) atoms. The van der Waals surface area contributed by atoms with Crippen molar-refractivity contribution in [2.45, 2.75) is 13.5 Å². The summed E-state index contributed by atoms with van der Waals surface area (Å²) >= 11 is 0. The molecule has 5 rings (SSSR count). The topological polar surface area (TPSA) is 70.4 Å². The fourth-order valence-electron chi connectivity index (χ4n) is 4.11. The molecule has 0 spiro atoms. The molecule has 0 atom stereocenters. The molecule has 1 amide bonds. The molecule has 6 nitrogen and oxygen atoms in total. The molecule has 1 saturated heterocycles. The zero-order valence-electron chi connectivity index (χ0n) is 18.1. The third-order valence-corrected chi connectivity index (χ3v) is 5.86. The molecule has 0 unspecified atom stereocenters. The fourth-order valence-corrected chi connectivity index (χ4v) is 4.11. The van der Waals surface area contributed by atoms with E-state index >= 15 is 0 Å². The summed E-state index contributed by atoms with van der Waals surface area (Å²) in [4.78, 5) is 20.0. The van der Waals surface area contributed by atoms with Crippen LogP contribution in [0.15, 0.2) is 71.1 Å². The lowest BCUT2D eigenvalue weighted by molar-refractivity contribution is 0.102. The number of aromatic nitrogens is 1. The van der Waals surface area contributed by atoms with Gasteiger partial charge in [-0.3, -0.25) is 9.69 Å². The van der Waals surface area contributed by atoms with Gasteiger partial charge in [0.1, 0.15) is 5.52 Å². The van der Waals surface area contributed by atoms with Crippen LogP contribution in [0.5, 0.6) is 0 Å². The standard InChI is InChI=1S/C26H26N4O2/c1-18-6-2-3-7-20(18)25(31)28-22-9-5-4-8-21(22)26-29-23-11-10-19(16-24(23)32-26)17-30-14-12-27-13-15-30/h2-11,16,27H,12-15,17H2,1H3,(H,28,31). The summed E-state index contributed by atoms with van der Waals surface area (Å²) in [6, 6.07) is 21.3. The molecule has 1 fully saturated rings. The number of hydrogen-bond donors (Lipinski definition) is 2. The molecule has 4 aromatic rings. The van der Waals surface area contributed by atoms with E-state index in [0.717, 1.165) is 55.0 Å². The maximum absolute atomic E-state index is 12.9. The number of anilines is 1. The van der Waals surface area contributed by atoms with E-state index in [0.29, 0.717) is 17.1 Å². The Labute approximate surface area is 187 Å². The summed E-state index contributed by atoms with van der Waals surface area (Å²) in [5.74, 6) is 0.352. The monoisotopic (exact) mass is 426 g/mol. The number of rotatable bonds is 5. The first kappa shape index (κ1) is 20.4. The van der Waals surface area contributed by atoms with Crippen LogP contribution in [0.1, 0.15) is 21.5 Å². The number of nitrogens with one attached hydrogen (secondary N) is 2. The largest absolute Gasteiger partial charge is 0.436 e. The average molecular weight is 427 g/mol. The highest BCUT2D eigenvalue weighted by Gasteiger charge is 2.16. The lowest BCUT2D eigenvalue weighted by Gasteiger charge is -2.27. The Balaban J connectivity index is 1.41. The summed E-state index contributed by atoms with van der Waals surface area (Å²) in [5, 5.41) is 6.41. The molecule has 2 N–H and O–H groups in total. The van der Waals surface area contributed by atoms with Crippen LogP contribution in [0.3, 0.4) is 0 Å². The van der Waals surface area contributed by atoms with Gasteiger partial charge in [0.25, 0.3) is 5.91 Å². The first-order valence-corrected chi connectivity index (χ1v) is 11.0. The van der Waals surface area contributed by atoms with Crippen molar-refractivity contribution in [2.24, 2.45) is 0 Å². The minimum atomic E-state index is -0.148. The van der Waals surface area contributed by atoms with Gasteiger partial charge in [0.15, 0.2) is 5.58 Å². The lowest BCUT2D eigenvalue weighted by Crippen LogP contribution is -2.42. The first-order chi connectivity index (χ1) is 15.7. The third kappa shape index (κ3) is 4.28. The number of oxazole rings is 1. The van der Waals surface area contributed by atoms with Crippen LogP contribution >= 0.6 is 0 Å². The number of hydrogen-bond acceptors (Lipinski definition) is 5. The predicted molar refractivity (Wildman–Crippen MR) is 127 cm³/mol. The number of piperazine rings is 1. The number of benzene rings is 3. The van der Waals surface area contributed by atoms with Gasteiger partial charge in [-0.25, -0.2) is 4.98 Å². The normalized spacial score (nSPS) is 14.5. The minimum absolute atomic E-state index is 0.148. The minimum Gasteiger partial charge on any atom is -0.436 e. The Morgan fingerprint density at radius 3 is 2.69 bits per heavy atom. The van der Waals surface area contributed by atoms with E-state index in [9.17, 15) is 4.79 Å². The number of carbonyl (C=O) groups is 1. The second kappa shape index (κ2) is 8.94. The van der Waals surface area contributed by atoms with Crippen LogP contribution in [0, 0.1) is 6.92 Å². The number of amides is 1. The van der Waals surface area contributed by atoms with Crippen molar-refractivity contribution in [1.82, 2.24) is 15.2 Å². The van der Waals surface area contributed by atoms with Crippen LogP contribution in [0.25, 0.3) is 22.6 Å². The number of aryl methyl sites for hydroxylation is 1. The Morgan fingerprint density at radius 2 is 1.84 bits per heavy atom. The Morgan fingerprint density at radius 1 is 1.06 bits per heavy atom. The Hall–Kier alpha value is -3.48. The highest BCUT2D eigenvalue weighted by atomic mass is 16.3. The van der Waals surface area contributed by atoms with Crippen molar-refractivity contribution >= 4 is 22.7 Å². The van der Waals surface area contributed by atoms with Crippen molar-refractivity contribution in [3.05, 3.63) is 83.4 Å². The molecule has 0 bridgehead atoms. The van der Waals surface area contributed by atoms with Gasteiger partial charge in [-0.15, -0.1) is 0 Å². The molecule has 0 radical (unpaired) electrons. The highest BCUT2D eigenvalue weighted by molar-refractivity contribution is 6.07. The Bertz CT molecular complexity index is 1260. The molecular weight excluding hydrogens is 400 g/mol. The van der Waals surface area contributed by atoms with Gasteiger partial charge in [0.05, 0.1) is 11.3 Å². The second-order valence-corrected chi connectivity index (χ2v) is 8.16. The van der Waals surface area contributed by atoms with Gasteiger partial charge in [-0.05, 0) is 48.4 Å². The van der Waals surface area contributed by atoms with E-state index < -0.39 is 0 Å². The highest BCUT2D eigenvalue weighted by Crippen LogP contribution is 2.31. The third-order valence-electron chi connectivity index (χ3n) is 5.86. The molecule has 1 aromatic heterocycles. The predicted octanol–water partition coefficient (Wildman–Crippen LogP) is 4.46. The number of para-hydroxylation sites is 1. The molecule has 0 saturated carbocycles. The fraction of sp³-hybridized carbons (Fsp3) is 0.231. The van der Waals surface area contributed by atoms with E-state index in [1.165, 1.54) is 5.56 Å². The van der Waals surface area contributed by atoms with Crippen LogP contribution < -0.4 is 10.6 Å². The molecule has 162 valence electrons. The summed E-state index contributed by atoms with van der Waals surface area (Å²) in [7, 11) is 0. The molecule has 1 aliphatic rings. The number of carbonyl (C=O) groups excluding carboxylic acids is 1. The second-order valence-electron chi connectivity index (χ2n) is 8.16. The number of nitrogens with zero attached hydrogens (tertiary/aromatic N) is 2. The van der Waals surface area contributed by atoms with Crippen molar-refractivity contribution in [3.63, 3.8) is 0 Å². The summed E-state index contributed by atoms with van der Waals surface area (Å²) < 4.78 is 6.14. The zero-order chi connectivity index (χ0) is 21.9. The Kier molecular flexibility index (Phi) is 5.71. The van der Waals surface area contributed by atoms with Crippen LogP contribution in [-0.2, 0) is 6.54 Å². The van der Waals surface area contributed by atoms with Gasteiger partial charge in [0, 0.05) is 38.3 Å².